The van der Waals surface area contributed by atoms with Gasteiger partial charge in [0.1, 0.15) is 5.75 Å². The van der Waals surface area contributed by atoms with E-state index < -0.39 is 14.3 Å². The molecule has 0 radical (unpaired) electrons. The molecular formula is C33H48N3O4P3S6. The SMILES string of the molecule is C1COCCN1.C1COCCN1.COc1ccc(P2(=S)SP(=S)(c3ccc(C)cc3)S2)cc1.Cc1ccc(P(=S)(S)N2CCOCC2)cc1. The van der Waals surface area contributed by atoms with E-state index in [1.54, 1.807) is 7.11 Å². The second kappa shape index (κ2) is 21.2. The van der Waals surface area contributed by atoms with Crippen LogP contribution in [0.15, 0.2) is 72.8 Å². The monoisotopic (exact) mass is 835 g/mol. The van der Waals surface area contributed by atoms with Crippen LogP contribution in [0, 0.1) is 13.8 Å². The lowest BCUT2D eigenvalue weighted by Gasteiger charge is -2.40. The number of benzene rings is 3. The largest absolute Gasteiger partial charge is 0.497 e. The highest BCUT2D eigenvalue weighted by molar-refractivity contribution is 9.48. The van der Waals surface area contributed by atoms with Gasteiger partial charge >= 0.3 is 0 Å². The van der Waals surface area contributed by atoms with Crippen molar-refractivity contribution >= 4 is 99.9 Å². The Bertz CT molecular complexity index is 1520. The van der Waals surface area contributed by atoms with Crippen molar-refractivity contribution in [2.24, 2.45) is 0 Å². The average Bonchev–Trinajstić information content (AvgIpc) is 3.14. The molecule has 0 amide bonds. The molecule has 1 atom stereocenters. The summed E-state index contributed by atoms with van der Waals surface area (Å²) >= 11 is 26.0. The van der Waals surface area contributed by atoms with Crippen molar-refractivity contribution < 1.29 is 18.9 Å². The molecule has 7 nitrogen and oxygen atoms in total. The van der Waals surface area contributed by atoms with E-state index in [0.717, 1.165) is 84.7 Å². The topological polar surface area (TPSA) is 64.2 Å². The summed E-state index contributed by atoms with van der Waals surface area (Å²) in [4.78, 5) is 0. The number of ether oxygens (including phenoxy) is 4. The molecule has 3 aromatic rings. The summed E-state index contributed by atoms with van der Waals surface area (Å²) in [5.41, 5.74) is 2.53. The molecule has 0 saturated carbocycles. The Kier molecular flexibility index (Phi) is 18.2. The average molecular weight is 836 g/mol. The number of morpholine rings is 3. The van der Waals surface area contributed by atoms with Crippen LogP contribution in [0.3, 0.4) is 0 Å². The van der Waals surface area contributed by atoms with Crippen LogP contribution in [0.25, 0.3) is 0 Å². The van der Waals surface area contributed by atoms with E-state index in [-0.39, 0.29) is 0 Å². The Morgan fingerprint density at radius 3 is 1.43 bits per heavy atom. The zero-order chi connectivity index (χ0) is 35.2. The predicted octanol–water partition coefficient (Wildman–Crippen LogP) is 6.46. The number of nitrogens with zero attached hydrogens (tertiary/aromatic N) is 1. The minimum Gasteiger partial charge on any atom is -0.497 e. The number of hydrogen-bond acceptors (Lipinski definition) is 11. The summed E-state index contributed by atoms with van der Waals surface area (Å²) < 4.78 is 19.6. The van der Waals surface area contributed by atoms with Gasteiger partial charge in [-0.3, -0.25) is 4.67 Å². The van der Waals surface area contributed by atoms with Crippen LogP contribution in [0.2, 0.25) is 0 Å². The number of nitrogens with one attached hydrogen (secondary N) is 2. The van der Waals surface area contributed by atoms with E-state index in [4.69, 9.17) is 66.6 Å². The van der Waals surface area contributed by atoms with Gasteiger partial charge in [-0.05, 0) is 38.1 Å². The highest BCUT2D eigenvalue weighted by Gasteiger charge is 2.45. The van der Waals surface area contributed by atoms with Crippen molar-refractivity contribution in [3.05, 3.63) is 83.9 Å². The molecule has 4 heterocycles. The van der Waals surface area contributed by atoms with Gasteiger partial charge in [0.15, 0.2) is 0 Å². The van der Waals surface area contributed by atoms with Gasteiger partial charge in [-0.2, -0.15) is 0 Å². The summed E-state index contributed by atoms with van der Waals surface area (Å²) in [6, 6.07) is 25.2. The fourth-order valence-electron chi connectivity index (χ4n) is 4.73. The van der Waals surface area contributed by atoms with Crippen LogP contribution in [0.5, 0.6) is 5.75 Å². The molecule has 49 heavy (non-hydrogen) atoms. The highest BCUT2D eigenvalue weighted by Crippen LogP contribution is 3.04. The molecule has 4 aliphatic rings. The quantitative estimate of drug-likeness (QED) is 0.196. The van der Waals surface area contributed by atoms with Gasteiger partial charge in [-0.25, -0.2) is 0 Å². The molecule has 2 N–H and O–H groups in total. The maximum absolute atomic E-state index is 5.91. The molecule has 0 spiro atoms. The first-order chi connectivity index (χ1) is 23.6. The summed E-state index contributed by atoms with van der Waals surface area (Å²) in [7, 11) is 1.68. The molecule has 0 aromatic heterocycles. The Balaban J connectivity index is 0.000000168. The minimum absolute atomic E-state index is 0.769. The van der Waals surface area contributed by atoms with Crippen molar-refractivity contribution in [1.29, 1.82) is 0 Å². The third kappa shape index (κ3) is 13.2. The second-order valence-corrected chi connectivity index (χ2v) is 39.0. The fraction of sp³-hybridized carbons (Fsp3) is 0.455. The number of thiol groups is 1. The zero-order valence-corrected chi connectivity index (χ0v) is 36.0. The summed E-state index contributed by atoms with van der Waals surface area (Å²) in [5.74, 6) is 0.869. The molecule has 0 bridgehead atoms. The lowest BCUT2D eigenvalue weighted by atomic mass is 10.2. The first-order valence-corrected chi connectivity index (χ1v) is 29.8. The summed E-state index contributed by atoms with van der Waals surface area (Å²) in [6.07, 6.45) is 0. The predicted molar refractivity (Wildman–Crippen MR) is 231 cm³/mol. The van der Waals surface area contributed by atoms with E-state index in [1.807, 2.05) is 34.1 Å². The van der Waals surface area contributed by atoms with Crippen molar-refractivity contribution in [2.45, 2.75) is 13.8 Å². The fourth-order valence-corrected chi connectivity index (χ4v) is 50.4. The molecule has 1 unspecified atom stereocenters. The molecule has 4 fully saturated rings. The molecular weight excluding hydrogens is 788 g/mol. The van der Waals surface area contributed by atoms with Crippen LogP contribution in [-0.2, 0) is 49.6 Å². The van der Waals surface area contributed by atoms with Crippen LogP contribution >= 0.6 is 48.5 Å². The van der Waals surface area contributed by atoms with Crippen LogP contribution < -0.4 is 31.3 Å². The van der Waals surface area contributed by atoms with Crippen molar-refractivity contribution in [1.82, 2.24) is 15.3 Å². The third-order valence-corrected chi connectivity index (χ3v) is 43.8. The lowest BCUT2D eigenvalue weighted by molar-refractivity contribution is 0.0758. The van der Waals surface area contributed by atoms with Crippen molar-refractivity contribution in [3.63, 3.8) is 0 Å². The highest BCUT2D eigenvalue weighted by atomic mass is 33.7. The molecule has 4 saturated heterocycles. The second-order valence-electron chi connectivity index (χ2n) is 11.4. The first-order valence-electron chi connectivity index (χ1n) is 16.2. The van der Waals surface area contributed by atoms with Gasteiger partial charge in [0, 0.05) is 55.2 Å². The summed E-state index contributed by atoms with van der Waals surface area (Å²) in [6.45, 7) is 15.2. The number of aryl methyl sites for hydroxylation is 2. The van der Waals surface area contributed by atoms with E-state index in [9.17, 15) is 0 Å². The van der Waals surface area contributed by atoms with E-state index in [2.05, 4.69) is 89.8 Å². The Morgan fingerprint density at radius 1 is 0.673 bits per heavy atom. The van der Waals surface area contributed by atoms with Gasteiger partial charge in [0.2, 0.25) is 0 Å². The van der Waals surface area contributed by atoms with Gasteiger partial charge in [0.25, 0.3) is 0 Å². The van der Waals surface area contributed by atoms with Crippen molar-refractivity contribution in [3.8, 4) is 5.75 Å². The first kappa shape index (κ1) is 42.0. The number of rotatable bonds is 5. The van der Waals surface area contributed by atoms with E-state index in [0.29, 0.717) is 0 Å². The maximum Gasteiger partial charge on any atom is 0.118 e. The molecule has 0 aliphatic carbocycles. The molecule has 16 heteroatoms. The van der Waals surface area contributed by atoms with Crippen molar-refractivity contribution in [2.75, 3.05) is 86.0 Å². The third-order valence-electron chi connectivity index (χ3n) is 7.60. The molecule has 7 rings (SSSR count). The summed E-state index contributed by atoms with van der Waals surface area (Å²) in [5, 5.41) is 8.16. The van der Waals surface area contributed by atoms with Crippen LogP contribution in [0.4, 0.5) is 0 Å². The number of methoxy groups -OCH3 is 1. The van der Waals surface area contributed by atoms with Gasteiger partial charge in [0.05, 0.1) is 61.0 Å². The smallest absolute Gasteiger partial charge is 0.118 e. The normalized spacial score (nSPS) is 24.9. The van der Waals surface area contributed by atoms with Gasteiger partial charge in [-0.15, -0.1) is 12.2 Å². The molecule has 4 aliphatic heterocycles. The van der Waals surface area contributed by atoms with E-state index in [1.165, 1.54) is 27.0 Å². The van der Waals surface area contributed by atoms with Gasteiger partial charge in [-0.1, -0.05) is 117 Å². The van der Waals surface area contributed by atoms with Crippen LogP contribution in [-0.4, -0.2) is 90.7 Å². The lowest BCUT2D eigenvalue weighted by Crippen LogP contribution is -2.35. The molecule has 3 aromatic carbocycles. The number of hydrogen-bond donors (Lipinski definition) is 3. The Morgan fingerprint density at radius 2 is 1.06 bits per heavy atom. The Hall–Kier alpha value is 0.220. The standard InChI is InChI=1S/C14H14OP2S4.C11H16NOPS2.2C4H9NO/c1-11-3-7-13(8-4-11)16(18)20-17(19,21-16)14-9-5-12(15-2)6-10-14;1-10-2-4-11(5-3-10)14(15,16)12-6-8-13-9-7-12;2*1-3-6-4-2-5-1/h3-10H,1-2H3;2-5H,6-9H2,1H3,(H,15,16);2*5H,1-4H2. The molecule has 270 valence electrons. The minimum atomic E-state index is -1.86. The van der Waals surface area contributed by atoms with Gasteiger partial charge < -0.3 is 29.6 Å². The van der Waals surface area contributed by atoms with E-state index >= 15 is 0 Å². The maximum atomic E-state index is 5.91. The Labute approximate surface area is 321 Å². The van der Waals surface area contributed by atoms with Crippen LogP contribution in [0.1, 0.15) is 11.1 Å². The zero-order valence-electron chi connectivity index (χ0n) is 28.3.